The maximum absolute atomic E-state index is 13.4. The normalized spacial score (nSPS) is 21.2. The monoisotopic (exact) mass is 409 g/mol. The van der Waals surface area contributed by atoms with Gasteiger partial charge in [0.1, 0.15) is 17.4 Å². The van der Waals surface area contributed by atoms with Gasteiger partial charge >= 0.3 is 0 Å². The molecule has 4 rings (SSSR count). The van der Waals surface area contributed by atoms with Gasteiger partial charge in [-0.05, 0) is 72.5 Å². The minimum Gasteiger partial charge on any atom is -0.508 e. The van der Waals surface area contributed by atoms with Crippen molar-refractivity contribution in [3.63, 3.8) is 0 Å². The van der Waals surface area contributed by atoms with E-state index < -0.39 is 0 Å². The van der Waals surface area contributed by atoms with Crippen LogP contribution in [-0.4, -0.2) is 11.0 Å². The van der Waals surface area contributed by atoms with Gasteiger partial charge < -0.3 is 15.2 Å². The molecular weight excluding hydrogens is 388 g/mol. The Morgan fingerprint density at radius 1 is 0.800 bits per heavy atom. The first-order valence-corrected chi connectivity index (χ1v) is 9.74. The number of aromatic hydroxyl groups is 1. The number of hydrogen-bond donors (Lipinski definition) is 2. The molecule has 3 atom stereocenters. The van der Waals surface area contributed by atoms with Gasteiger partial charge in [-0.2, -0.15) is 0 Å². The van der Waals surface area contributed by atoms with Crippen LogP contribution >= 0.6 is 0 Å². The molecule has 1 fully saturated rings. The molecule has 1 heterocycles. The van der Waals surface area contributed by atoms with Gasteiger partial charge in [0.05, 0.1) is 12.2 Å². The lowest BCUT2D eigenvalue weighted by molar-refractivity contribution is -0.130. The Bertz CT molecular complexity index is 951. The quantitative estimate of drug-likeness (QED) is 0.597. The summed E-state index contributed by atoms with van der Waals surface area (Å²) in [5.41, 5.74) is 2.16. The van der Waals surface area contributed by atoms with E-state index in [1.807, 2.05) is 0 Å². The average Bonchev–Trinajstić information content (AvgIpc) is 2.76. The standard InChI is InChI=1S/C24H21F2NO3/c25-18-5-1-15(2-6-18)22-13-17(24(29)27-20-9-7-19(26)8-10-20)14-23(30-22)16-3-11-21(28)12-4-16/h1-12,17,22-23,28H,13-14H2,(H,27,29)/t17?,22-,23+/m0/s1. The zero-order valence-electron chi connectivity index (χ0n) is 16.1. The van der Waals surface area contributed by atoms with E-state index in [1.165, 1.54) is 36.4 Å². The highest BCUT2D eigenvalue weighted by molar-refractivity contribution is 5.92. The van der Waals surface area contributed by atoms with E-state index in [4.69, 9.17) is 4.74 Å². The van der Waals surface area contributed by atoms with E-state index in [-0.39, 0.29) is 41.4 Å². The fraction of sp³-hybridized carbons (Fsp3) is 0.208. The lowest BCUT2D eigenvalue weighted by Crippen LogP contribution is -2.32. The van der Waals surface area contributed by atoms with Crippen LogP contribution in [0.15, 0.2) is 72.8 Å². The summed E-state index contributed by atoms with van der Waals surface area (Å²) in [6, 6.07) is 18.4. The highest BCUT2D eigenvalue weighted by atomic mass is 19.1. The van der Waals surface area contributed by atoms with Gasteiger partial charge in [0.2, 0.25) is 5.91 Å². The summed E-state index contributed by atoms with van der Waals surface area (Å²) >= 11 is 0. The number of nitrogens with one attached hydrogen (secondary N) is 1. The number of halogens is 2. The fourth-order valence-corrected chi connectivity index (χ4v) is 3.71. The largest absolute Gasteiger partial charge is 0.508 e. The first-order chi connectivity index (χ1) is 14.5. The van der Waals surface area contributed by atoms with Crippen LogP contribution in [-0.2, 0) is 9.53 Å². The van der Waals surface area contributed by atoms with Crippen LogP contribution in [0.5, 0.6) is 5.75 Å². The third-order valence-electron chi connectivity index (χ3n) is 5.31. The summed E-state index contributed by atoms with van der Waals surface area (Å²) < 4.78 is 32.7. The highest BCUT2D eigenvalue weighted by Crippen LogP contribution is 2.42. The first kappa shape index (κ1) is 20.0. The molecule has 0 radical (unpaired) electrons. The van der Waals surface area contributed by atoms with Gasteiger partial charge in [0.25, 0.3) is 0 Å². The lowest BCUT2D eigenvalue weighted by Gasteiger charge is -2.35. The maximum atomic E-state index is 13.4. The smallest absolute Gasteiger partial charge is 0.227 e. The van der Waals surface area contributed by atoms with Crippen LogP contribution < -0.4 is 5.32 Å². The summed E-state index contributed by atoms with van der Waals surface area (Å²) in [5.74, 6) is -1.10. The van der Waals surface area contributed by atoms with Gasteiger partial charge in [-0.3, -0.25) is 4.79 Å². The zero-order valence-corrected chi connectivity index (χ0v) is 16.1. The summed E-state index contributed by atoms with van der Waals surface area (Å²) in [5, 5.41) is 12.4. The second-order valence-electron chi connectivity index (χ2n) is 7.42. The van der Waals surface area contributed by atoms with Crippen molar-refractivity contribution < 1.29 is 23.4 Å². The summed E-state index contributed by atoms with van der Waals surface area (Å²) in [6.07, 6.45) is 0.142. The van der Waals surface area contributed by atoms with Crippen LogP contribution in [0.3, 0.4) is 0 Å². The van der Waals surface area contributed by atoms with Crippen LogP contribution in [0.25, 0.3) is 0 Å². The Morgan fingerprint density at radius 3 is 1.80 bits per heavy atom. The number of carbonyl (C=O) groups excluding carboxylic acids is 1. The van der Waals surface area contributed by atoms with E-state index in [0.717, 1.165) is 11.1 Å². The predicted molar refractivity (Wildman–Crippen MR) is 109 cm³/mol. The molecule has 154 valence electrons. The molecule has 1 saturated heterocycles. The zero-order chi connectivity index (χ0) is 21.1. The second-order valence-corrected chi connectivity index (χ2v) is 7.42. The van der Waals surface area contributed by atoms with Crippen molar-refractivity contribution >= 4 is 11.6 Å². The van der Waals surface area contributed by atoms with Crippen LogP contribution in [0.2, 0.25) is 0 Å². The van der Waals surface area contributed by atoms with E-state index in [2.05, 4.69) is 5.32 Å². The topological polar surface area (TPSA) is 58.6 Å². The number of ether oxygens (including phenoxy) is 1. The number of benzene rings is 3. The van der Waals surface area contributed by atoms with Crippen molar-refractivity contribution in [1.82, 2.24) is 0 Å². The first-order valence-electron chi connectivity index (χ1n) is 9.74. The summed E-state index contributed by atoms with van der Waals surface area (Å²) in [7, 11) is 0. The van der Waals surface area contributed by atoms with Gasteiger partial charge in [-0.15, -0.1) is 0 Å². The van der Waals surface area contributed by atoms with Crippen molar-refractivity contribution in [2.75, 3.05) is 5.32 Å². The van der Waals surface area contributed by atoms with Crippen LogP contribution in [0.4, 0.5) is 14.5 Å². The lowest BCUT2D eigenvalue weighted by atomic mass is 9.86. The Labute approximate surface area is 173 Å². The predicted octanol–water partition coefficient (Wildman–Crippen LogP) is 5.52. The highest BCUT2D eigenvalue weighted by Gasteiger charge is 2.35. The van der Waals surface area contributed by atoms with Gasteiger partial charge in [-0.1, -0.05) is 24.3 Å². The van der Waals surface area contributed by atoms with Crippen LogP contribution in [0.1, 0.15) is 36.2 Å². The van der Waals surface area contributed by atoms with Crippen molar-refractivity contribution in [3.05, 3.63) is 95.6 Å². The molecule has 1 amide bonds. The van der Waals surface area contributed by atoms with Crippen molar-refractivity contribution in [2.45, 2.75) is 25.0 Å². The fourth-order valence-electron chi connectivity index (χ4n) is 3.71. The number of phenolic OH excluding ortho intramolecular Hbond substituents is 1. The number of hydrogen-bond acceptors (Lipinski definition) is 3. The summed E-state index contributed by atoms with van der Waals surface area (Å²) in [6.45, 7) is 0. The molecule has 1 aliphatic rings. The van der Waals surface area contributed by atoms with Gasteiger partial charge in [0.15, 0.2) is 0 Å². The Kier molecular flexibility index (Phi) is 5.77. The van der Waals surface area contributed by atoms with E-state index >= 15 is 0 Å². The molecule has 6 heteroatoms. The molecule has 3 aromatic rings. The van der Waals surface area contributed by atoms with Crippen LogP contribution in [0, 0.1) is 17.6 Å². The second kappa shape index (κ2) is 8.63. The number of phenols is 1. The molecule has 30 heavy (non-hydrogen) atoms. The van der Waals surface area contributed by atoms with E-state index in [1.54, 1.807) is 36.4 Å². The summed E-state index contributed by atoms with van der Waals surface area (Å²) in [4.78, 5) is 13.0. The number of rotatable bonds is 4. The number of carbonyl (C=O) groups is 1. The molecule has 3 aromatic carbocycles. The van der Waals surface area contributed by atoms with E-state index in [0.29, 0.717) is 18.5 Å². The molecule has 1 aliphatic heterocycles. The average molecular weight is 409 g/mol. The molecule has 1 unspecified atom stereocenters. The van der Waals surface area contributed by atoms with Crippen molar-refractivity contribution in [3.8, 4) is 5.75 Å². The third-order valence-corrected chi connectivity index (χ3v) is 5.31. The van der Waals surface area contributed by atoms with Crippen molar-refractivity contribution in [1.29, 1.82) is 0 Å². The molecule has 0 aromatic heterocycles. The molecule has 0 bridgehead atoms. The SMILES string of the molecule is O=C(Nc1ccc(F)cc1)C1C[C@@H](c2ccc(F)cc2)O[C@@H](c2ccc(O)cc2)C1. The Balaban J connectivity index is 1.57. The maximum Gasteiger partial charge on any atom is 0.227 e. The molecule has 2 N–H and O–H groups in total. The number of amides is 1. The third kappa shape index (κ3) is 4.66. The molecule has 0 spiro atoms. The molecule has 0 saturated carbocycles. The minimum atomic E-state index is -0.387. The van der Waals surface area contributed by atoms with E-state index in [9.17, 15) is 18.7 Å². The number of anilines is 1. The Hall–Kier alpha value is -3.25. The minimum absolute atomic E-state index is 0.148. The Morgan fingerprint density at radius 2 is 1.27 bits per heavy atom. The molecule has 0 aliphatic carbocycles. The van der Waals surface area contributed by atoms with Crippen molar-refractivity contribution in [2.24, 2.45) is 5.92 Å². The molecule has 4 nitrogen and oxygen atoms in total. The van der Waals surface area contributed by atoms with Gasteiger partial charge in [-0.25, -0.2) is 8.78 Å². The molecular formula is C24H21F2NO3. The van der Waals surface area contributed by atoms with Gasteiger partial charge in [0, 0.05) is 11.6 Å².